The second kappa shape index (κ2) is 4.07. The molecule has 3 aromatic rings. The molecule has 0 saturated carbocycles. The van der Waals surface area contributed by atoms with Crippen LogP contribution in [0.3, 0.4) is 0 Å². The third-order valence-electron chi connectivity index (χ3n) is 4.25. The number of nitrogens with zero attached hydrogens (tertiary/aromatic N) is 3. The van der Waals surface area contributed by atoms with Crippen molar-refractivity contribution in [1.82, 2.24) is 14.5 Å². The molecule has 20 heavy (non-hydrogen) atoms. The standard InChI is InChI=1S/C16H16N4/c1-10-8-20(16-14(10)15(17)18-9-19-16)13-6-11-4-2-3-5-12(11)7-13/h2-5,8-9,13H,6-7H2,1H3,(H2,17,18,19). The monoisotopic (exact) mass is 264 g/mol. The smallest absolute Gasteiger partial charge is 0.146 e. The third kappa shape index (κ3) is 1.54. The van der Waals surface area contributed by atoms with Gasteiger partial charge < -0.3 is 10.3 Å². The highest BCUT2D eigenvalue weighted by Gasteiger charge is 2.24. The van der Waals surface area contributed by atoms with Gasteiger partial charge in [-0.3, -0.25) is 0 Å². The summed E-state index contributed by atoms with van der Waals surface area (Å²) in [7, 11) is 0. The zero-order chi connectivity index (χ0) is 13.7. The van der Waals surface area contributed by atoms with E-state index in [-0.39, 0.29) is 0 Å². The lowest BCUT2D eigenvalue weighted by molar-refractivity contribution is 0.542. The zero-order valence-corrected chi connectivity index (χ0v) is 11.4. The minimum atomic E-state index is 0.429. The molecule has 1 aromatic carbocycles. The summed E-state index contributed by atoms with van der Waals surface area (Å²) in [5.74, 6) is 0.571. The van der Waals surface area contributed by atoms with E-state index in [2.05, 4.69) is 51.9 Å². The largest absolute Gasteiger partial charge is 0.383 e. The lowest BCUT2D eigenvalue weighted by atomic mass is 10.1. The second-order valence-electron chi connectivity index (χ2n) is 5.51. The number of nitrogen functional groups attached to an aromatic ring is 1. The van der Waals surface area contributed by atoms with Gasteiger partial charge in [-0.15, -0.1) is 0 Å². The molecule has 100 valence electrons. The van der Waals surface area contributed by atoms with Crippen LogP contribution in [0, 0.1) is 6.92 Å². The molecule has 0 aliphatic heterocycles. The molecule has 0 fully saturated rings. The van der Waals surface area contributed by atoms with Crippen LogP contribution in [0.1, 0.15) is 22.7 Å². The van der Waals surface area contributed by atoms with E-state index < -0.39 is 0 Å². The number of anilines is 1. The van der Waals surface area contributed by atoms with Crippen molar-refractivity contribution in [2.45, 2.75) is 25.8 Å². The van der Waals surface area contributed by atoms with E-state index in [0.717, 1.165) is 29.4 Å². The highest BCUT2D eigenvalue weighted by molar-refractivity contribution is 5.89. The van der Waals surface area contributed by atoms with Crippen LogP contribution in [0.25, 0.3) is 11.0 Å². The summed E-state index contributed by atoms with van der Waals surface area (Å²) in [4.78, 5) is 8.54. The maximum Gasteiger partial charge on any atom is 0.146 e. The molecule has 0 radical (unpaired) electrons. The number of rotatable bonds is 1. The molecule has 1 aliphatic rings. The van der Waals surface area contributed by atoms with Crippen molar-refractivity contribution >= 4 is 16.9 Å². The molecule has 2 heterocycles. The summed E-state index contributed by atoms with van der Waals surface area (Å²) in [6.45, 7) is 2.07. The summed E-state index contributed by atoms with van der Waals surface area (Å²) in [6, 6.07) is 9.09. The van der Waals surface area contributed by atoms with Gasteiger partial charge >= 0.3 is 0 Å². The van der Waals surface area contributed by atoms with Gasteiger partial charge in [-0.05, 0) is 36.5 Å². The van der Waals surface area contributed by atoms with Gasteiger partial charge in [0, 0.05) is 12.2 Å². The quantitative estimate of drug-likeness (QED) is 0.735. The molecule has 2 N–H and O–H groups in total. The minimum Gasteiger partial charge on any atom is -0.383 e. The molecule has 4 nitrogen and oxygen atoms in total. The molecule has 2 aromatic heterocycles. The van der Waals surface area contributed by atoms with Crippen molar-refractivity contribution in [2.75, 3.05) is 5.73 Å². The topological polar surface area (TPSA) is 56.7 Å². The Morgan fingerprint density at radius 3 is 2.55 bits per heavy atom. The fourth-order valence-electron chi connectivity index (χ4n) is 3.31. The lowest BCUT2D eigenvalue weighted by Crippen LogP contribution is -2.08. The van der Waals surface area contributed by atoms with Crippen LogP contribution in [0.5, 0.6) is 0 Å². The van der Waals surface area contributed by atoms with Crippen molar-refractivity contribution in [3.63, 3.8) is 0 Å². The van der Waals surface area contributed by atoms with Gasteiger partial charge in [-0.2, -0.15) is 0 Å². The normalized spacial score (nSPS) is 14.8. The number of nitrogens with two attached hydrogens (primary N) is 1. The van der Waals surface area contributed by atoms with E-state index in [0.29, 0.717) is 11.9 Å². The van der Waals surface area contributed by atoms with Gasteiger partial charge in [0.1, 0.15) is 17.8 Å². The number of hydrogen-bond acceptors (Lipinski definition) is 3. The Morgan fingerprint density at radius 2 is 1.85 bits per heavy atom. The first-order valence-corrected chi connectivity index (χ1v) is 6.88. The highest BCUT2D eigenvalue weighted by Crippen LogP contribution is 2.34. The predicted molar refractivity (Wildman–Crippen MR) is 79.6 cm³/mol. The Labute approximate surface area is 117 Å². The van der Waals surface area contributed by atoms with Crippen LogP contribution in [-0.2, 0) is 12.8 Å². The average Bonchev–Trinajstić information content (AvgIpc) is 3.00. The Kier molecular flexibility index (Phi) is 2.33. The number of benzene rings is 1. The SMILES string of the molecule is Cc1cn(C2Cc3ccccc3C2)c2ncnc(N)c12. The Morgan fingerprint density at radius 1 is 1.15 bits per heavy atom. The first kappa shape index (κ1) is 11.5. The van der Waals surface area contributed by atoms with E-state index in [9.17, 15) is 0 Å². The Hall–Kier alpha value is -2.36. The van der Waals surface area contributed by atoms with Crippen molar-refractivity contribution < 1.29 is 0 Å². The first-order chi connectivity index (χ1) is 9.74. The molecule has 0 amide bonds. The van der Waals surface area contributed by atoms with E-state index in [4.69, 9.17) is 5.73 Å². The maximum absolute atomic E-state index is 5.99. The van der Waals surface area contributed by atoms with Crippen LogP contribution in [0.4, 0.5) is 5.82 Å². The predicted octanol–water partition coefficient (Wildman–Crippen LogP) is 2.66. The van der Waals surface area contributed by atoms with E-state index in [1.807, 2.05) is 0 Å². The van der Waals surface area contributed by atoms with Crippen LogP contribution in [0.15, 0.2) is 36.8 Å². The summed E-state index contributed by atoms with van der Waals surface area (Å²) in [5, 5.41) is 0.989. The number of fused-ring (bicyclic) bond motifs is 2. The molecule has 0 spiro atoms. The van der Waals surface area contributed by atoms with Crippen LogP contribution in [0.2, 0.25) is 0 Å². The summed E-state index contributed by atoms with van der Waals surface area (Å²) in [6.07, 6.45) is 5.83. The highest BCUT2D eigenvalue weighted by atomic mass is 15.1. The zero-order valence-electron chi connectivity index (χ0n) is 11.4. The summed E-state index contributed by atoms with van der Waals surface area (Å²) in [5.41, 5.74) is 11.0. The number of aryl methyl sites for hydroxylation is 1. The fraction of sp³-hybridized carbons (Fsp3) is 0.250. The Bertz CT molecular complexity index is 778. The molecule has 4 heteroatoms. The third-order valence-corrected chi connectivity index (χ3v) is 4.25. The van der Waals surface area contributed by atoms with E-state index >= 15 is 0 Å². The average molecular weight is 264 g/mol. The molecule has 0 atom stereocenters. The maximum atomic E-state index is 5.99. The molecule has 4 rings (SSSR count). The van der Waals surface area contributed by atoms with Gasteiger partial charge in [0.15, 0.2) is 0 Å². The number of aromatic nitrogens is 3. The van der Waals surface area contributed by atoms with Crippen molar-refractivity contribution in [1.29, 1.82) is 0 Å². The fourth-order valence-corrected chi connectivity index (χ4v) is 3.31. The number of hydrogen-bond donors (Lipinski definition) is 1. The van der Waals surface area contributed by atoms with Crippen LogP contribution >= 0.6 is 0 Å². The Balaban J connectivity index is 1.84. The molecule has 0 unspecified atom stereocenters. The summed E-state index contributed by atoms with van der Waals surface area (Å²) < 4.78 is 2.27. The van der Waals surface area contributed by atoms with Crippen molar-refractivity contribution in [3.05, 3.63) is 53.5 Å². The van der Waals surface area contributed by atoms with Gasteiger partial charge in [0.25, 0.3) is 0 Å². The summed E-state index contributed by atoms with van der Waals surface area (Å²) >= 11 is 0. The van der Waals surface area contributed by atoms with Crippen molar-refractivity contribution in [2.24, 2.45) is 0 Å². The molecule has 1 aliphatic carbocycles. The molecular formula is C16H16N4. The van der Waals surface area contributed by atoms with Crippen molar-refractivity contribution in [3.8, 4) is 0 Å². The second-order valence-corrected chi connectivity index (χ2v) is 5.51. The molecule has 0 bridgehead atoms. The van der Waals surface area contributed by atoms with Gasteiger partial charge in [0.05, 0.1) is 5.39 Å². The molecule has 0 saturated heterocycles. The van der Waals surface area contributed by atoms with E-state index in [1.165, 1.54) is 11.1 Å². The van der Waals surface area contributed by atoms with E-state index in [1.54, 1.807) is 6.33 Å². The van der Waals surface area contributed by atoms with Crippen LogP contribution in [-0.4, -0.2) is 14.5 Å². The van der Waals surface area contributed by atoms with Crippen LogP contribution < -0.4 is 5.73 Å². The van der Waals surface area contributed by atoms with Gasteiger partial charge in [-0.25, -0.2) is 9.97 Å². The lowest BCUT2D eigenvalue weighted by Gasteiger charge is -2.12. The minimum absolute atomic E-state index is 0.429. The van der Waals surface area contributed by atoms with Gasteiger partial charge in [0.2, 0.25) is 0 Å². The first-order valence-electron chi connectivity index (χ1n) is 6.88. The van der Waals surface area contributed by atoms with Gasteiger partial charge in [-0.1, -0.05) is 24.3 Å². The molecular weight excluding hydrogens is 248 g/mol.